The van der Waals surface area contributed by atoms with Gasteiger partial charge in [-0.25, -0.2) is 8.42 Å². The maximum Gasteiger partial charge on any atom is 1.00 e. The Morgan fingerprint density at radius 2 is 1.81 bits per heavy atom. The van der Waals surface area contributed by atoms with Crippen LogP contribution in [-0.4, -0.2) is 32.3 Å². The van der Waals surface area contributed by atoms with Gasteiger partial charge in [-0.1, -0.05) is 0 Å². The van der Waals surface area contributed by atoms with Gasteiger partial charge in [0.1, 0.15) is 0 Å². The summed E-state index contributed by atoms with van der Waals surface area (Å²) < 4.78 is 31.3. The summed E-state index contributed by atoms with van der Waals surface area (Å²) in [4.78, 5) is 1.69. The second kappa shape index (κ2) is 6.46. The zero-order chi connectivity index (χ0) is 11.5. The molecule has 0 saturated heterocycles. The minimum absolute atomic E-state index is 0. The second-order valence-corrected chi connectivity index (χ2v) is 4.80. The van der Waals surface area contributed by atoms with Gasteiger partial charge < -0.3 is 15.2 Å². The van der Waals surface area contributed by atoms with Crippen molar-refractivity contribution in [1.82, 2.24) is 0 Å². The molecule has 0 heterocycles. The van der Waals surface area contributed by atoms with E-state index in [4.69, 9.17) is 5.73 Å². The molecule has 1 aromatic rings. The molecule has 0 bridgehead atoms. The van der Waals surface area contributed by atoms with Crippen molar-refractivity contribution in [2.75, 3.05) is 30.0 Å². The minimum Gasteiger partial charge on any atom is -0.748 e. The molecule has 0 radical (unpaired) electrons. The summed E-state index contributed by atoms with van der Waals surface area (Å²) in [5.41, 5.74) is 6.97. The molecule has 1 rings (SSSR count). The first-order chi connectivity index (χ1) is 6.88. The van der Waals surface area contributed by atoms with E-state index in [1.54, 1.807) is 36.2 Å². The van der Waals surface area contributed by atoms with Crippen molar-refractivity contribution in [2.45, 2.75) is 0 Å². The number of benzene rings is 1. The van der Waals surface area contributed by atoms with Crippen molar-refractivity contribution in [3.05, 3.63) is 24.3 Å². The molecule has 16 heavy (non-hydrogen) atoms. The average Bonchev–Trinajstić information content (AvgIpc) is 2.14. The van der Waals surface area contributed by atoms with E-state index in [0.717, 1.165) is 5.69 Å². The van der Waals surface area contributed by atoms with Crippen LogP contribution in [0.1, 0.15) is 0 Å². The van der Waals surface area contributed by atoms with E-state index in [-0.39, 0.29) is 36.1 Å². The molecule has 0 fully saturated rings. The SMILES string of the molecule is CN(CCS(=O)(=O)[O-])c1ccc(N)cc1.[Na+]. The molecule has 5 nitrogen and oxygen atoms in total. The molecule has 1 aromatic carbocycles. The van der Waals surface area contributed by atoms with Gasteiger partial charge in [-0.05, 0) is 24.3 Å². The molecule has 0 aliphatic carbocycles. The van der Waals surface area contributed by atoms with Crippen LogP contribution in [0.4, 0.5) is 11.4 Å². The Morgan fingerprint density at radius 3 is 2.25 bits per heavy atom. The summed E-state index contributed by atoms with van der Waals surface area (Å²) in [6.45, 7) is 0.176. The predicted molar refractivity (Wildman–Crippen MR) is 58.7 cm³/mol. The summed E-state index contributed by atoms with van der Waals surface area (Å²) >= 11 is 0. The topological polar surface area (TPSA) is 86.5 Å². The Labute approximate surface area is 118 Å². The molecular weight excluding hydrogens is 239 g/mol. The van der Waals surface area contributed by atoms with E-state index >= 15 is 0 Å². The van der Waals surface area contributed by atoms with Gasteiger partial charge in [-0.15, -0.1) is 0 Å². The summed E-state index contributed by atoms with van der Waals surface area (Å²) in [6.07, 6.45) is 0. The molecular formula is C9H13N2NaO3S. The van der Waals surface area contributed by atoms with Gasteiger partial charge in [0, 0.05) is 25.0 Å². The van der Waals surface area contributed by atoms with E-state index in [1.807, 2.05) is 0 Å². The average molecular weight is 252 g/mol. The number of nitrogens with two attached hydrogens (primary N) is 1. The summed E-state index contributed by atoms with van der Waals surface area (Å²) in [5, 5.41) is 0. The first-order valence-electron chi connectivity index (χ1n) is 4.39. The zero-order valence-corrected chi connectivity index (χ0v) is 12.2. The van der Waals surface area contributed by atoms with Gasteiger partial charge in [-0.3, -0.25) is 0 Å². The van der Waals surface area contributed by atoms with E-state index in [9.17, 15) is 13.0 Å². The Hall–Kier alpha value is -0.270. The number of hydrogen-bond donors (Lipinski definition) is 1. The summed E-state index contributed by atoms with van der Waals surface area (Å²) in [7, 11) is -2.43. The second-order valence-electron chi connectivity index (χ2n) is 3.27. The number of hydrogen-bond acceptors (Lipinski definition) is 5. The van der Waals surface area contributed by atoms with E-state index in [0.29, 0.717) is 5.69 Å². The van der Waals surface area contributed by atoms with Gasteiger partial charge in [0.15, 0.2) is 0 Å². The number of anilines is 2. The molecule has 0 atom stereocenters. The molecule has 2 N–H and O–H groups in total. The molecule has 0 aliphatic rings. The molecule has 84 valence electrons. The van der Waals surface area contributed by atoms with Crippen molar-refractivity contribution in [1.29, 1.82) is 0 Å². The molecule has 0 spiro atoms. The van der Waals surface area contributed by atoms with Crippen LogP contribution in [0.15, 0.2) is 24.3 Å². The van der Waals surface area contributed by atoms with Crippen LogP contribution in [0.3, 0.4) is 0 Å². The predicted octanol–water partition coefficient (Wildman–Crippen LogP) is -2.75. The molecule has 0 amide bonds. The number of nitrogen functional groups attached to an aromatic ring is 1. The Morgan fingerprint density at radius 1 is 1.31 bits per heavy atom. The third kappa shape index (κ3) is 5.72. The minimum atomic E-state index is -4.15. The van der Waals surface area contributed by atoms with Crippen molar-refractivity contribution >= 4 is 21.5 Å². The molecule has 7 heteroatoms. The standard InChI is InChI=1S/C9H14N2O3S.Na/c1-11(6-7-15(12,13)14)9-4-2-8(10)3-5-9;/h2-5H,6-7,10H2,1H3,(H,12,13,14);/q;+1/p-1. The summed E-state index contributed by atoms with van der Waals surface area (Å²) in [6, 6.07) is 6.98. The fraction of sp³-hybridized carbons (Fsp3) is 0.333. The largest absolute Gasteiger partial charge is 1.00 e. The normalized spacial score (nSPS) is 10.6. The van der Waals surface area contributed by atoms with Crippen LogP contribution in [0.5, 0.6) is 0 Å². The first kappa shape index (κ1) is 15.7. The Kier molecular flexibility index (Phi) is 6.35. The Balaban J connectivity index is 0.00000225. The van der Waals surface area contributed by atoms with E-state index < -0.39 is 15.9 Å². The molecule has 0 saturated carbocycles. The third-order valence-electron chi connectivity index (χ3n) is 2.01. The fourth-order valence-electron chi connectivity index (χ4n) is 1.11. The van der Waals surface area contributed by atoms with Crippen LogP contribution in [0.2, 0.25) is 0 Å². The fourth-order valence-corrected chi connectivity index (χ4v) is 1.60. The van der Waals surface area contributed by atoms with Gasteiger partial charge in [0.05, 0.1) is 15.9 Å². The summed E-state index contributed by atoms with van der Waals surface area (Å²) in [5.74, 6) is -0.395. The Bertz CT molecular complexity index is 419. The maximum absolute atomic E-state index is 10.4. The van der Waals surface area contributed by atoms with Crippen molar-refractivity contribution in [2.24, 2.45) is 0 Å². The van der Waals surface area contributed by atoms with Gasteiger partial charge in [-0.2, -0.15) is 0 Å². The molecule has 0 aromatic heterocycles. The molecule has 0 aliphatic heterocycles. The van der Waals surface area contributed by atoms with Crippen LogP contribution in [0.25, 0.3) is 0 Å². The molecule has 0 unspecified atom stereocenters. The van der Waals surface area contributed by atoms with Crippen LogP contribution in [-0.2, 0) is 10.1 Å². The van der Waals surface area contributed by atoms with Crippen molar-refractivity contribution < 1.29 is 42.5 Å². The van der Waals surface area contributed by atoms with Gasteiger partial charge in [0.25, 0.3) is 0 Å². The smallest absolute Gasteiger partial charge is 0.748 e. The third-order valence-corrected chi connectivity index (χ3v) is 2.69. The quantitative estimate of drug-likeness (QED) is 0.357. The van der Waals surface area contributed by atoms with Crippen molar-refractivity contribution in [3.8, 4) is 0 Å². The number of rotatable bonds is 4. The van der Waals surface area contributed by atoms with Crippen LogP contribution >= 0.6 is 0 Å². The van der Waals surface area contributed by atoms with Crippen LogP contribution in [0, 0.1) is 0 Å². The van der Waals surface area contributed by atoms with E-state index in [2.05, 4.69) is 0 Å². The van der Waals surface area contributed by atoms with Crippen molar-refractivity contribution in [3.63, 3.8) is 0 Å². The maximum atomic E-state index is 10.4. The first-order valence-corrected chi connectivity index (χ1v) is 5.96. The monoisotopic (exact) mass is 252 g/mol. The van der Waals surface area contributed by atoms with Crippen LogP contribution < -0.4 is 40.2 Å². The zero-order valence-electron chi connectivity index (χ0n) is 9.38. The van der Waals surface area contributed by atoms with E-state index in [1.165, 1.54) is 0 Å². The van der Waals surface area contributed by atoms with Gasteiger partial charge >= 0.3 is 29.6 Å². The number of nitrogens with zero attached hydrogens (tertiary/aromatic N) is 1. The van der Waals surface area contributed by atoms with Gasteiger partial charge in [0.2, 0.25) is 0 Å².